The maximum atomic E-state index is 11.9. The topological polar surface area (TPSA) is 447 Å². The first-order chi connectivity index (χ1) is 55.8. The van der Waals surface area contributed by atoms with Gasteiger partial charge >= 0.3 is 65.2 Å². The van der Waals surface area contributed by atoms with Crippen molar-refractivity contribution in [2.24, 2.45) is 5.92 Å². The largest absolute Gasteiger partial charge is 1.00 e. The normalized spacial score (nSPS) is 12.7. The maximum absolute atomic E-state index is 11.9. The molecule has 6 heterocycles. The summed E-state index contributed by atoms with van der Waals surface area (Å²) in [5.41, 5.74) is 6.07. The standard InChI is InChI=1S/C21H16N2O3.C19H19N3O5.C17H15N3O3.C15H12N2O4.C14H9N2O2.2Na.H2O/c24-18-12-6-4-10-16(18)21-22-20(23-26-21)17-11-5-7-13-19(17)25-14-15-8-2-1-3-9-15;1-19(2,3)26-18(25)20-11-8-9-15(24)13(10-11)17-21-16(22-27-17)12-6-4-5-7-14(12)23;1-22-10-6-7-14-12(8-10)13(9-18-14)17-20-19-16(23-17)11-4-2-3-5-15(11)21;1-20-9-6-7-13(19)11(8-9)15-16-14(17-21-15)10-4-2-3-5-12(10)18;17-12-9-5-4-8-11(12)13-15-14(18-16-13)10-6-2-1-3-7-10;;;/h1-13,24H,14H2;4-10,23-24H,1-3H3,(H,20,25);2-9,12,14,18,21H,1H3;2-8,18-19H,1H3;1-6,8-9,17H;;;1H2/q;;;;-1;2*+1;/p-2. The summed E-state index contributed by atoms with van der Waals surface area (Å²) in [5.74, 6) is 4.82. The van der Waals surface area contributed by atoms with Gasteiger partial charge in [0.1, 0.15) is 64.0 Å². The predicted molar refractivity (Wildman–Crippen MR) is 420 cm³/mol. The van der Waals surface area contributed by atoms with Crippen LogP contribution in [0.2, 0.25) is 0 Å². The second-order valence-electron chi connectivity index (χ2n) is 25.9. The Morgan fingerprint density at radius 2 is 0.966 bits per heavy atom. The van der Waals surface area contributed by atoms with Gasteiger partial charge in [-0.3, -0.25) is 5.32 Å². The van der Waals surface area contributed by atoms with E-state index >= 15 is 0 Å². The van der Waals surface area contributed by atoms with Crippen LogP contribution in [-0.4, -0.2) is 119 Å². The van der Waals surface area contributed by atoms with Gasteiger partial charge < -0.3 is 88.0 Å². The fraction of sp³-hybridized carbons (Fsp3) is 0.105. The first-order valence-electron chi connectivity index (χ1n) is 35.3. The van der Waals surface area contributed by atoms with Gasteiger partial charge in [-0.15, -0.1) is 40.5 Å². The zero-order valence-electron chi connectivity index (χ0n) is 64.3. The number of para-hydroxylation sites is 6. The Bertz CT molecular complexity index is 5950. The molecular weight excluding hydrogens is 1530 g/mol. The van der Waals surface area contributed by atoms with Crippen molar-refractivity contribution < 1.29 is 147 Å². The Labute approximate surface area is 718 Å². The quantitative estimate of drug-likeness (QED) is 0.0253. The van der Waals surface area contributed by atoms with Crippen LogP contribution in [0.3, 0.4) is 0 Å². The third-order valence-corrected chi connectivity index (χ3v) is 16.9. The van der Waals surface area contributed by atoms with Crippen LogP contribution in [0.1, 0.15) is 32.2 Å². The van der Waals surface area contributed by atoms with Crippen molar-refractivity contribution in [2.75, 3.05) is 19.5 Å². The van der Waals surface area contributed by atoms with Crippen LogP contribution in [0.5, 0.6) is 51.7 Å². The second-order valence-corrected chi connectivity index (χ2v) is 25.9. The summed E-state index contributed by atoms with van der Waals surface area (Å²) in [6.07, 6.45) is 7.27. The Morgan fingerprint density at radius 3 is 1.53 bits per heavy atom. The van der Waals surface area contributed by atoms with Crippen molar-refractivity contribution in [1.82, 2.24) is 56.1 Å². The minimum Gasteiger partial charge on any atom is -0.872 e. The molecule has 1 aliphatic heterocycles. The van der Waals surface area contributed by atoms with Crippen LogP contribution < -0.4 is 84.3 Å². The average molecular weight is 1610 g/mol. The summed E-state index contributed by atoms with van der Waals surface area (Å²) in [5, 5.41) is 101. The molecule has 15 aromatic rings. The monoisotopic (exact) mass is 1610 g/mol. The molecule has 2 atom stereocenters. The molecule has 1 amide bonds. The van der Waals surface area contributed by atoms with E-state index in [4.69, 9.17) is 41.5 Å². The number of aromatic hydroxyl groups is 6. The number of hydrogen-bond donors (Lipinski definition) is 8. The molecule has 586 valence electrons. The van der Waals surface area contributed by atoms with Crippen molar-refractivity contribution >= 4 is 17.4 Å². The molecule has 17 rings (SSSR count). The number of nitrogens with one attached hydrogen (secondary N) is 2. The smallest absolute Gasteiger partial charge is 0.872 e. The molecule has 0 saturated heterocycles. The van der Waals surface area contributed by atoms with Crippen LogP contribution in [0.15, 0.2) is 289 Å². The minimum absolute atomic E-state index is 0. The van der Waals surface area contributed by atoms with E-state index in [0.717, 1.165) is 22.5 Å². The Hall–Kier alpha value is -13.9. The summed E-state index contributed by atoms with van der Waals surface area (Å²) in [6.45, 7) is 5.72. The summed E-state index contributed by atoms with van der Waals surface area (Å²) >= 11 is 0. The maximum Gasteiger partial charge on any atom is 1.00 e. The fourth-order valence-corrected chi connectivity index (χ4v) is 11.3. The summed E-state index contributed by atoms with van der Waals surface area (Å²) in [6, 6.07) is 70.6. The zero-order valence-corrected chi connectivity index (χ0v) is 68.3. The third kappa shape index (κ3) is 21.8. The summed E-state index contributed by atoms with van der Waals surface area (Å²) < 4.78 is 48.1. The molecule has 2 aliphatic rings. The summed E-state index contributed by atoms with van der Waals surface area (Å²) in [7, 11) is 3.17. The van der Waals surface area contributed by atoms with Gasteiger partial charge in [-0.05, 0) is 136 Å². The minimum atomic E-state index is -0.636. The van der Waals surface area contributed by atoms with Crippen LogP contribution in [0.25, 0.3) is 108 Å². The molecule has 118 heavy (non-hydrogen) atoms. The molecule has 32 heteroatoms. The van der Waals surface area contributed by atoms with Crippen LogP contribution >= 0.6 is 0 Å². The number of phenols is 6. The molecule has 0 saturated carbocycles. The van der Waals surface area contributed by atoms with Crippen LogP contribution in [-0.2, 0) is 16.1 Å². The third-order valence-electron chi connectivity index (χ3n) is 16.9. The second kappa shape index (κ2) is 40.4. The number of fused-ring (bicyclic) bond motifs is 1. The number of carbonyl (C=O) groups excluding carboxylic acids is 1. The number of amides is 1. The number of methoxy groups -OCH3 is 2. The molecular formula is C86H71N12Na2O18-. The first-order valence-corrected chi connectivity index (χ1v) is 35.3. The predicted octanol–water partition coefficient (Wildman–Crippen LogP) is 10.3. The number of benzene rings is 10. The van der Waals surface area contributed by atoms with Gasteiger partial charge in [0, 0.05) is 28.9 Å². The SMILES string of the molecule is CC(C)(C)OC(=O)Nc1ccc(O)c(-c2nc(-c3ccccc3O)no2)c1.COC1=CC2C(c3nnc(-c4ccccc4O)o3)=CNC2C=C1.COc1ccc(O)c(-c2nc(-c3ccccc3O)no2)c1.Oc1ccccc1-c1nc(-c2ccccc2OCc2ccccc2)no1.[Na+].[Na+].[O-]c1ccccc1-c1noc(-c2[c-]cccc2)n1.[OH-]. The molecule has 0 spiro atoms. The number of nitrogens with zero attached hydrogens (tertiary/aromatic N) is 10. The van der Waals surface area contributed by atoms with E-state index in [0.29, 0.717) is 92.1 Å². The number of allylic oxidation sites excluding steroid dienone is 1. The van der Waals surface area contributed by atoms with E-state index in [-0.39, 0.29) is 152 Å². The van der Waals surface area contributed by atoms with E-state index in [1.54, 1.807) is 143 Å². The van der Waals surface area contributed by atoms with E-state index in [9.17, 15) is 40.5 Å². The molecule has 0 bridgehead atoms. The Morgan fingerprint density at radius 1 is 0.500 bits per heavy atom. The molecule has 1 aliphatic carbocycles. The van der Waals surface area contributed by atoms with Crippen LogP contribution in [0.4, 0.5) is 10.5 Å². The molecule has 0 radical (unpaired) electrons. The van der Waals surface area contributed by atoms with Crippen molar-refractivity contribution in [3.8, 4) is 155 Å². The Kier molecular flexibility index (Phi) is 29.7. The molecule has 30 nitrogen and oxygen atoms in total. The van der Waals surface area contributed by atoms with Gasteiger partial charge in [-0.1, -0.05) is 153 Å². The van der Waals surface area contributed by atoms with Crippen molar-refractivity contribution in [3.63, 3.8) is 0 Å². The van der Waals surface area contributed by atoms with E-state index in [1.165, 1.54) is 49.6 Å². The molecule has 2 unspecified atom stereocenters. The fourth-order valence-electron chi connectivity index (χ4n) is 11.3. The Balaban J connectivity index is 0.000000155. The van der Waals surface area contributed by atoms with E-state index in [2.05, 4.69) is 67.5 Å². The summed E-state index contributed by atoms with van der Waals surface area (Å²) in [4.78, 5) is 28.9. The first kappa shape index (κ1) is 86.6. The van der Waals surface area contributed by atoms with Crippen LogP contribution in [0, 0.1) is 12.0 Å². The number of anilines is 1. The molecule has 0 fully saturated rings. The van der Waals surface area contributed by atoms with Gasteiger partial charge in [0.2, 0.25) is 23.4 Å². The number of ether oxygens (including phenoxy) is 4. The molecule has 9 N–H and O–H groups in total. The number of rotatable bonds is 16. The van der Waals surface area contributed by atoms with Gasteiger partial charge in [-0.2, -0.15) is 15.0 Å². The van der Waals surface area contributed by atoms with Gasteiger partial charge in [-0.25, -0.2) is 9.78 Å². The number of aromatic nitrogens is 10. The number of hydrogen-bond acceptors (Lipinski definition) is 29. The zero-order chi connectivity index (χ0) is 80.4. The van der Waals surface area contributed by atoms with Gasteiger partial charge in [0.25, 0.3) is 23.6 Å². The molecule has 5 aromatic heterocycles. The van der Waals surface area contributed by atoms with E-state index in [1.807, 2.05) is 103 Å². The van der Waals surface area contributed by atoms with Crippen molar-refractivity contribution in [1.29, 1.82) is 0 Å². The molecule has 10 aromatic carbocycles. The number of carbonyl (C=O) groups is 1. The van der Waals surface area contributed by atoms with Gasteiger partial charge in [0.05, 0.1) is 59.2 Å². The van der Waals surface area contributed by atoms with Crippen molar-refractivity contribution in [3.05, 3.63) is 284 Å². The van der Waals surface area contributed by atoms with Gasteiger partial charge in [0.15, 0.2) is 11.7 Å². The van der Waals surface area contributed by atoms with E-state index < -0.39 is 11.7 Å². The average Bonchev–Trinajstić information content (AvgIpc) is 1.65. The van der Waals surface area contributed by atoms with Crippen molar-refractivity contribution in [2.45, 2.75) is 39.0 Å². The number of phenolic OH excluding ortho intramolecular Hbond substituents is 6.